The molecule has 0 bridgehead atoms. The summed E-state index contributed by atoms with van der Waals surface area (Å²) in [5.74, 6) is 1.53. The van der Waals surface area contributed by atoms with Gasteiger partial charge in [0.2, 0.25) is 0 Å². The van der Waals surface area contributed by atoms with Gasteiger partial charge in [0.15, 0.2) is 0 Å². The number of nitrogens with one attached hydrogen (secondary N) is 1. The molecule has 126 valence electrons. The molecule has 3 rings (SSSR count). The van der Waals surface area contributed by atoms with Crippen molar-refractivity contribution < 1.29 is 4.79 Å². The standard InChI is InChI=1S/C18H28N4O/c1-14-8-10-22(11-9-14)18(23)16-12-20-17(13-19-16)21-15-6-4-2-3-5-7-15/h12-15H,2-11H2,1H3,(H,20,21). The maximum atomic E-state index is 12.5. The minimum Gasteiger partial charge on any atom is -0.366 e. The number of amides is 1. The van der Waals surface area contributed by atoms with Crippen LogP contribution in [0.25, 0.3) is 0 Å². The highest BCUT2D eigenvalue weighted by atomic mass is 16.2. The number of hydrogen-bond donors (Lipinski definition) is 1. The highest BCUT2D eigenvalue weighted by Crippen LogP contribution is 2.21. The summed E-state index contributed by atoms with van der Waals surface area (Å²) in [4.78, 5) is 23.1. The van der Waals surface area contributed by atoms with Crippen LogP contribution in [0.3, 0.4) is 0 Å². The highest BCUT2D eigenvalue weighted by molar-refractivity contribution is 5.92. The molecular formula is C18H28N4O. The Morgan fingerprint density at radius 2 is 1.74 bits per heavy atom. The van der Waals surface area contributed by atoms with Crippen molar-refractivity contribution in [2.24, 2.45) is 5.92 Å². The molecule has 1 aliphatic carbocycles. The lowest BCUT2D eigenvalue weighted by atomic mass is 9.99. The normalized spacial score (nSPS) is 21.0. The van der Waals surface area contributed by atoms with Crippen molar-refractivity contribution in [2.45, 2.75) is 64.3 Å². The SMILES string of the molecule is CC1CCN(C(=O)c2cnc(NC3CCCCCC3)cn2)CC1. The smallest absolute Gasteiger partial charge is 0.274 e. The molecular weight excluding hydrogens is 288 g/mol. The summed E-state index contributed by atoms with van der Waals surface area (Å²) in [6.07, 6.45) is 13.2. The van der Waals surface area contributed by atoms with E-state index in [0.29, 0.717) is 11.7 Å². The number of nitrogens with zero attached hydrogens (tertiary/aromatic N) is 3. The van der Waals surface area contributed by atoms with Crippen molar-refractivity contribution in [1.29, 1.82) is 0 Å². The van der Waals surface area contributed by atoms with Gasteiger partial charge >= 0.3 is 0 Å². The summed E-state index contributed by atoms with van der Waals surface area (Å²) in [6, 6.07) is 0.497. The molecule has 0 atom stereocenters. The molecule has 2 aliphatic rings. The molecule has 0 unspecified atom stereocenters. The average Bonchev–Trinajstić information content (AvgIpc) is 2.84. The van der Waals surface area contributed by atoms with Gasteiger partial charge in [0.1, 0.15) is 11.5 Å². The van der Waals surface area contributed by atoms with E-state index < -0.39 is 0 Å². The van der Waals surface area contributed by atoms with Crippen molar-refractivity contribution in [3.8, 4) is 0 Å². The van der Waals surface area contributed by atoms with Gasteiger partial charge in [-0.25, -0.2) is 9.97 Å². The molecule has 0 aromatic carbocycles. The van der Waals surface area contributed by atoms with Crippen LogP contribution in [0.15, 0.2) is 12.4 Å². The number of rotatable bonds is 3. The van der Waals surface area contributed by atoms with Crippen molar-refractivity contribution in [3.63, 3.8) is 0 Å². The second kappa shape index (κ2) is 7.75. The van der Waals surface area contributed by atoms with E-state index in [1.165, 1.54) is 38.5 Å². The van der Waals surface area contributed by atoms with Gasteiger partial charge in [0.05, 0.1) is 12.4 Å². The van der Waals surface area contributed by atoms with Gasteiger partial charge in [-0.3, -0.25) is 4.79 Å². The molecule has 0 radical (unpaired) electrons. The lowest BCUT2D eigenvalue weighted by Crippen LogP contribution is -2.38. The number of anilines is 1. The van der Waals surface area contributed by atoms with Crippen LogP contribution in [0.1, 0.15) is 68.8 Å². The van der Waals surface area contributed by atoms with Crippen molar-refractivity contribution in [1.82, 2.24) is 14.9 Å². The van der Waals surface area contributed by atoms with E-state index in [1.54, 1.807) is 12.4 Å². The Labute approximate surface area is 138 Å². The van der Waals surface area contributed by atoms with Crippen LogP contribution >= 0.6 is 0 Å². The fraction of sp³-hybridized carbons (Fsp3) is 0.722. The number of aromatic nitrogens is 2. The minimum absolute atomic E-state index is 0.0189. The maximum Gasteiger partial charge on any atom is 0.274 e. The third-order valence-electron chi connectivity index (χ3n) is 5.15. The van der Waals surface area contributed by atoms with Crippen LogP contribution in [-0.2, 0) is 0 Å². The van der Waals surface area contributed by atoms with Crippen LogP contribution < -0.4 is 5.32 Å². The van der Waals surface area contributed by atoms with Gasteiger partial charge in [0.25, 0.3) is 5.91 Å². The molecule has 5 nitrogen and oxygen atoms in total. The Balaban J connectivity index is 1.56. The lowest BCUT2D eigenvalue weighted by molar-refractivity contribution is 0.0691. The van der Waals surface area contributed by atoms with Crippen LogP contribution in [-0.4, -0.2) is 39.9 Å². The molecule has 1 aromatic rings. The molecule has 1 amide bonds. The third-order valence-corrected chi connectivity index (χ3v) is 5.15. The molecule has 1 saturated carbocycles. The van der Waals surface area contributed by atoms with Gasteiger partial charge < -0.3 is 10.2 Å². The molecule has 5 heteroatoms. The Hall–Kier alpha value is -1.65. The van der Waals surface area contributed by atoms with Crippen LogP contribution in [0.5, 0.6) is 0 Å². The fourth-order valence-electron chi connectivity index (χ4n) is 3.52. The van der Waals surface area contributed by atoms with Gasteiger partial charge in [-0.1, -0.05) is 32.6 Å². The summed E-state index contributed by atoms with van der Waals surface area (Å²) in [5.41, 5.74) is 0.464. The quantitative estimate of drug-likeness (QED) is 0.867. The molecule has 0 spiro atoms. The van der Waals surface area contributed by atoms with Gasteiger partial charge in [-0.05, 0) is 31.6 Å². The molecule has 2 fully saturated rings. The minimum atomic E-state index is 0.0189. The Kier molecular flexibility index (Phi) is 5.47. The second-order valence-corrected chi connectivity index (χ2v) is 7.09. The zero-order valence-electron chi connectivity index (χ0n) is 14.1. The third kappa shape index (κ3) is 4.43. The van der Waals surface area contributed by atoms with Gasteiger partial charge in [-0.15, -0.1) is 0 Å². The number of likely N-dealkylation sites (tertiary alicyclic amines) is 1. The Bertz CT molecular complexity index is 500. The number of carbonyl (C=O) groups is 1. The molecule has 2 heterocycles. The average molecular weight is 316 g/mol. The molecule has 1 aliphatic heterocycles. The number of carbonyl (C=O) groups excluding carboxylic acids is 1. The Morgan fingerprint density at radius 1 is 1.04 bits per heavy atom. The molecule has 1 saturated heterocycles. The van der Waals surface area contributed by atoms with E-state index in [9.17, 15) is 4.79 Å². The predicted molar refractivity (Wildman–Crippen MR) is 91.4 cm³/mol. The number of piperidine rings is 1. The molecule has 23 heavy (non-hydrogen) atoms. The van der Waals surface area contributed by atoms with E-state index in [2.05, 4.69) is 22.2 Å². The van der Waals surface area contributed by atoms with Crippen molar-refractivity contribution in [3.05, 3.63) is 18.1 Å². The Morgan fingerprint density at radius 3 is 2.35 bits per heavy atom. The van der Waals surface area contributed by atoms with Gasteiger partial charge in [0, 0.05) is 19.1 Å². The van der Waals surface area contributed by atoms with Crippen LogP contribution in [0.2, 0.25) is 0 Å². The van der Waals surface area contributed by atoms with Crippen LogP contribution in [0.4, 0.5) is 5.82 Å². The van der Waals surface area contributed by atoms with Crippen LogP contribution in [0, 0.1) is 5.92 Å². The summed E-state index contributed by atoms with van der Waals surface area (Å²) in [5, 5.41) is 3.47. The zero-order chi connectivity index (χ0) is 16.1. The molecule has 1 N–H and O–H groups in total. The maximum absolute atomic E-state index is 12.5. The van der Waals surface area contributed by atoms with E-state index in [1.807, 2.05) is 4.90 Å². The summed E-state index contributed by atoms with van der Waals surface area (Å²) in [7, 11) is 0. The first-order chi connectivity index (χ1) is 11.2. The summed E-state index contributed by atoms with van der Waals surface area (Å²) < 4.78 is 0. The van der Waals surface area contributed by atoms with E-state index >= 15 is 0 Å². The van der Waals surface area contributed by atoms with Crippen molar-refractivity contribution in [2.75, 3.05) is 18.4 Å². The fourth-order valence-corrected chi connectivity index (χ4v) is 3.52. The second-order valence-electron chi connectivity index (χ2n) is 7.09. The van der Waals surface area contributed by atoms with E-state index in [4.69, 9.17) is 0 Å². The summed E-state index contributed by atoms with van der Waals surface area (Å²) in [6.45, 7) is 3.92. The van der Waals surface area contributed by atoms with Gasteiger partial charge in [-0.2, -0.15) is 0 Å². The molecule has 1 aromatic heterocycles. The highest BCUT2D eigenvalue weighted by Gasteiger charge is 2.22. The summed E-state index contributed by atoms with van der Waals surface area (Å²) >= 11 is 0. The first kappa shape index (κ1) is 16.2. The lowest BCUT2D eigenvalue weighted by Gasteiger charge is -2.29. The van der Waals surface area contributed by atoms with E-state index in [-0.39, 0.29) is 5.91 Å². The zero-order valence-corrected chi connectivity index (χ0v) is 14.1. The first-order valence-corrected chi connectivity index (χ1v) is 9.10. The van der Waals surface area contributed by atoms with E-state index in [0.717, 1.165) is 37.7 Å². The van der Waals surface area contributed by atoms with Crippen molar-refractivity contribution >= 4 is 11.7 Å². The number of hydrogen-bond acceptors (Lipinski definition) is 4. The first-order valence-electron chi connectivity index (χ1n) is 9.10. The largest absolute Gasteiger partial charge is 0.366 e. The topological polar surface area (TPSA) is 58.1 Å². The predicted octanol–water partition coefficient (Wildman–Crippen LogP) is 3.48. The monoisotopic (exact) mass is 316 g/mol.